The zero-order valence-electron chi connectivity index (χ0n) is 25.8. The summed E-state index contributed by atoms with van der Waals surface area (Å²) in [6.45, 7) is 5.28. The quantitative estimate of drug-likeness (QED) is 0.0326. The van der Waals surface area contributed by atoms with E-state index in [-0.39, 0.29) is 25.8 Å². The fraction of sp³-hybridized carbons (Fsp3) is 0.900. The Labute approximate surface area is 240 Å². The lowest BCUT2D eigenvalue weighted by Crippen LogP contribution is -2.37. The van der Waals surface area contributed by atoms with E-state index < -0.39 is 13.9 Å². The predicted molar refractivity (Wildman–Crippen MR) is 157 cm³/mol. The van der Waals surface area contributed by atoms with E-state index in [1.807, 2.05) is 21.1 Å². The van der Waals surface area contributed by atoms with Crippen molar-refractivity contribution >= 4 is 13.8 Å². The van der Waals surface area contributed by atoms with E-state index in [4.69, 9.17) is 18.5 Å². The number of carbonyl (C=O) groups excluding carboxylic acids is 1. The van der Waals surface area contributed by atoms with Gasteiger partial charge in [0.1, 0.15) is 19.3 Å². The molecule has 2 unspecified atom stereocenters. The molecule has 8 nitrogen and oxygen atoms in total. The molecular weight excluding hydrogens is 517 g/mol. The Morgan fingerprint density at radius 2 is 1.38 bits per heavy atom. The van der Waals surface area contributed by atoms with Crippen LogP contribution in [0, 0.1) is 0 Å². The van der Waals surface area contributed by atoms with Crippen LogP contribution in [-0.2, 0) is 27.9 Å². The van der Waals surface area contributed by atoms with Gasteiger partial charge < -0.3 is 27.9 Å². The largest absolute Gasteiger partial charge is 0.756 e. The van der Waals surface area contributed by atoms with Crippen LogP contribution in [0.4, 0.5) is 0 Å². The second-order valence-electron chi connectivity index (χ2n) is 11.5. The van der Waals surface area contributed by atoms with Gasteiger partial charge in [-0.15, -0.1) is 0 Å². The van der Waals surface area contributed by atoms with Gasteiger partial charge in [0.25, 0.3) is 7.82 Å². The molecule has 0 fully saturated rings. The summed E-state index contributed by atoms with van der Waals surface area (Å²) in [5, 5.41) is 0. The average molecular weight is 578 g/mol. The minimum absolute atomic E-state index is 0.0263. The molecule has 0 aliphatic carbocycles. The fourth-order valence-corrected chi connectivity index (χ4v) is 4.57. The molecule has 0 bridgehead atoms. The van der Waals surface area contributed by atoms with Crippen molar-refractivity contribution in [3.63, 3.8) is 0 Å². The zero-order valence-corrected chi connectivity index (χ0v) is 26.7. The topological polar surface area (TPSA) is 94.1 Å². The maximum absolute atomic E-state index is 12.4. The molecule has 232 valence electrons. The summed E-state index contributed by atoms with van der Waals surface area (Å²) < 4.78 is 34.1. The van der Waals surface area contributed by atoms with Crippen LogP contribution in [0.5, 0.6) is 0 Å². The van der Waals surface area contributed by atoms with Crippen LogP contribution in [0.2, 0.25) is 0 Å². The molecule has 0 spiro atoms. The summed E-state index contributed by atoms with van der Waals surface area (Å²) in [6.07, 6.45) is 20.8. The van der Waals surface area contributed by atoms with Gasteiger partial charge in [-0.3, -0.25) is 9.36 Å². The molecule has 0 N–H and O–H groups in total. The van der Waals surface area contributed by atoms with Gasteiger partial charge in [-0.1, -0.05) is 90.2 Å². The third kappa shape index (κ3) is 28.6. The van der Waals surface area contributed by atoms with E-state index in [2.05, 4.69) is 26.0 Å². The minimum Gasteiger partial charge on any atom is -0.756 e. The van der Waals surface area contributed by atoms with Gasteiger partial charge in [0.05, 0.1) is 34.4 Å². The van der Waals surface area contributed by atoms with Gasteiger partial charge in [-0.05, 0) is 32.1 Å². The molecule has 0 heterocycles. The number of carbonyl (C=O) groups is 1. The number of ether oxygens (including phenoxy) is 2. The van der Waals surface area contributed by atoms with Crippen molar-refractivity contribution in [3.8, 4) is 0 Å². The van der Waals surface area contributed by atoms with Crippen LogP contribution in [-0.4, -0.2) is 70.7 Å². The minimum atomic E-state index is -4.50. The Kier molecular flexibility index (Phi) is 24.5. The number of nitrogens with zero attached hydrogens (tertiary/aromatic N) is 1. The van der Waals surface area contributed by atoms with E-state index in [0.717, 1.165) is 51.4 Å². The first-order valence-electron chi connectivity index (χ1n) is 15.4. The molecule has 9 heteroatoms. The molecule has 0 aromatic carbocycles. The molecule has 0 aromatic heterocycles. The molecule has 0 radical (unpaired) electrons. The second-order valence-corrected chi connectivity index (χ2v) is 12.9. The van der Waals surface area contributed by atoms with Crippen molar-refractivity contribution in [1.82, 2.24) is 0 Å². The SMILES string of the molecule is CCC/C=C\CCCCCCCC(=O)OC(COCCCCCCCCC)COP(=O)([O-])OCC[N+](C)(C)C. The molecule has 0 saturated heterocycles. The van der Waals surface area contributed by atoms with Crippen LogP contribution in [0.15, 0.2) is 12.2 Å². The number of phosphoric ester groups is 1. The molecule has 0 aliphatic rings. The number of hydrogen-bond acceptors (Lipinski definition) is 7. The molecule has 2 atom stereocenters. The summed E-state index contributed by atoms with van der Waals surface area (Å²) in [6, 6.07) is 0. The van der Waals surface area contributed by atoms with Gasteiger partial charge in [0, 0.05) is 13.0 Å². The standard InChI is InChI=1S/C30H60NO7P/c1-6-8-10-12-14-15-16-17-19-21-23-30(32)38-29(27-35-25-22-20-18-13-11-9-7-2)28-37-39(33,34)36-26-24-31(3,4)5/h10,12,29H,6-9,11,13-28H2,1-5H3/b12-10-. The van der Waals surface area contributed by atoms with E-state index in [9.17, 15) is 14.3 Å². The fourth-order valence-electron chi connectivity index (χ4n) is 3.84. The van der Waals surface area contributed by atoms with Gasteiger partial charge in [0.2, 0.25) is 0 Å². The van der Waals surface area contributed by atoms with Crippen LogP contribution < -0.4 is 4.89 Å². The van der Waals surface area contributed by atoms with Gasteiger partial charge in [-0.25, -0.2) is 0 Å². The number of phosphoric acid groups is 1. The molecular formula is C30H60NO7P. The first-order chi connectivity index (χ1) is 18.6. The maximum Gasteiger partial charge on any atom is 0.306 e. The lowest BCUT2D eigenvalue weighted by Gasteiger charge is -2.28. The number of rotatable bonds is 28. The van der Waals surface area contributed by atoms with Crippen LogP contribution in [0.3, 0.4) is 0 Å². The Hall–Kier alpha value is -0.760. The molecule has 0 saturated carbocycles. The average Bonchev–Trinajstić information content (AvgIpc) is 2.86. The number of unbranched alkanes of at least 4 members (excludes halogenated alkanes) is 12. The van der Waals surface area contributed by atoms with Crippen molar-refractivity contribution in [2.45, 2.75) is 123 Å². The lowest BCUT2D eigenvalue weighted by molar-refractivity contribution is -0.870. The number of allylic oxidation sites excluding steroid dienone is 2. The van der Waals surface area contributed by atoms with Gasteiger partial charge >= 0.3 is 5.97 Å². The third-order valence-corrected chi connectivity index (χ3v) is 7.26. The third-order valence-electron chi connectivity index (χ3n) is 6.30. The van der Waals surface area contributed by atoms with Crippen LogP contribution in [0.25, 0.3) is 0 Å². The highest BCUT2D eigenvalue weighted by Gasteiger charge is 2.20. The van der Waals surface area contributed by atoms with Crippen LogP contribution >= 0.6 is 7.82 Å². The smallest absolute Gasteiger partial charge is 0.306 e. The van der Waals surface area contributed by atoms with E-state index in [0.29, 0.717) is 24.1 Å². The van der Waals surface area contributed by atoms with Gasteiger partial charge in [-0.2, -0.15) is 0 Å². The lowest BCUT2D eigenvalue weighted by atomic mass is 10.1. The zero-order chi connectivity index (χ0) is 29.2. The Morgan fingerprint density at radius 3 is 2.05 bits per heavy atom. The first kappa shape index (κ1) is 38.2. The van der Waals surface area contributed by atoms with E-state index >= 15 is 0 Å². The van der Waals surface area contributed by atoms with Crippen molar-refractivity contribution in [1.29, 1.82) is 0 Å². The predicted octanol–water partition coefficient (Wildman–Crippen LogP) is 6.96. The van der Waals surface area contributed by atoms with Gasteiger partial charge in [0.15, 0.2) is 0 Å². The van der Waals surface area contributed by atoms with Crippen molar-refractivity contribution in [3.05, 3.63) is 12.2 Å². The number of hydrogen-bond donors (Lipinski definition) is 0. The second kappa shape index (κ2) is 25.0. The highest BCUT2D eigenvalue weighted by molar-refractivity contribution is 7.45. The number of quaternary nitrogens is 1. The van der Waals surface area contributed by atoms with E-state index in [1.54, 1.807) is 0 Å². The maximum atomic E-state index is 12.4. The highest BCUT2D eigenvalue weighted by atomic mass is 31.2. The number of esters is 1. The van der Waals surface area contributed by atoms with Crippen molar-refractivity contribution in [2.24, 2.45) is 0 Å². The Bertz CT molecular complexity index is 652. The highest BCUT2D eigenvalue weighted by Crippen LogP contribution is 2.38. The summed E-state index contributed by atoms with van der Waals surface area (Å²) in [7, 11) is 1.35. The molecule has 39 heavy (non-hydrogen) atoms. The summed E-state index contributed by atoms with van der Waals surface area (Å²) >= 11 is 0. The van der Waals surface area contributed by atoms with Crippen molar-refractivity contribution in [2.75, 3.05) is 54.1 Å². The molecule has 0 amide bonds. The molecule has 0 aromatic rings. The first-order valence-corrected chi connectivity index (χ1v) is 16.9. The van der Waals surface area contributed by atoms with Crippen molar-refractivity contribution < 1.29 is 37.3 Å². The summed E-state index contributed by atoms with van der Waals surface area (Å²) in [5.74, 6) is -0.350. The van der Waals surface area contributed by atoms with E-state index in [1.165, 1.54) is 44.9 Å². The molecule has 0 rings (SSSR count). The van der Waals surface area contributed by atoms with Crippen LogP contribution in [0.1, 0.15) is 117 Å². The number of likely N-dealkylation sites (N-methyl/N-ethyl adjacent to an activating group) is 1. The normalized spacial score (nSPS) is 14.5. The monoisotopic (exact) mass is 577 g/mol. The summed E-state index contributed by atoms with van der Waals surface area (Å²) in [5.41, 5.74) is 0. The Morgan fingerprint density at radius 1 is 0.769 bits per heavy atom. The summed E-state index contributed by atoms with van der Waals surface area (Å²) in [4.78, 5) is 24.6. The Balaban J connectivity index is 4.40. The molecule has 0 aliphatic heterocycles.